The van der Waals surface area contributed by atoms with Crippen LogP contribution in [0.15, 0.2) is 41.9 Å². The van der Waals surface area contributed by atoms with Crippen molar-refractivity contribution in [3.8, 4) is 0 Å². The number of amides is 1. The number of anilines is 1. The number of nitrogens with zero attached hydrogens (tertiary/aromatic N) is 2. The van der Waals surface area contributed by atoms with E-state index < -0.39 is 6.10 Å². The van der Waals surface area contributed by atoms with Crippen LogP contribution in [0.5, 0.6) is 0 Å². The summed E-state index contributed by atoms with van der Waals surface area (Å²) in [4.78, 5) is 20.8. The topological polar surface area (TPSA) is 75.1 Å². The summed E-state index contributed by atoms with van der Waals surface area (Å²) < 4.78 is 0. The zero-order valence-electron chi connectivity index (χ0n) is 11.3. The van der Waals surface area contributed by atoms with E-state index in [9.17, 15) is 9.90 Å². The van der Waals surface area contributed by atoms with E-state index in [1.54, 1.807) is 36.7 Å². The molecule has 2 aromatic heterocycles. The third-order valence-electron chi connectivity index (χ3n) is 3.06. The molecule has 0 bridgehead atoms. The molecule has 1 atom stereocenters. The van der Waals surface area contributed by atoms with Gasteiger partial charge >= 0.3 is 0 Å². The second-order valence-electron chi connectivity index (χ2n) is 4.58. The van der Waals surface area contributed by atoms with Gasteiger partial charge in [-0.2, -0.15) is 0 Å². The highest BCUT2D eigenvalue weighted by Crippen LogP contribution is 2.22. The first-order valence-corrected chi connectivity index (χ1v) is 7.31. The Morgan fingerprint density at radius 1 is 1.33 bits per heavy atom. The summed E-state index contributed by atoms with van der Waals surface area (Å²) in [6.45, 7) is 1.64. The maximum atomic E-state index is 12.4. The van der Waals surface area contributed by atoms with Crippen LogP contribution in [0.25, 0.3) is 10.9 Å². The number of aliphatic hydroxyl groups excluding tert-OH is 1. The predicted molar refractivity (Wildman–Crippen MR) is 82.4 cm³/mol. The molecule has 0 aliphatic rings. The van der Waals surface area contributed by atoms with E-state index in [1.807, 2.05) is 12.1 Å². The number of rotatable bonds is 3. The van der Waals surface area contributed by atoms with Gasteiger partial charge < -0.3 is 5.11 Å². The molecule has 6 heteroatoms. The highest BCUT2D eigenvalue weighted by atomic mass is 32.1. The lowest BCUT2D eigenvalue weighted by Crippen LogP contribution is -2.12. The van der Waals surface area contributed by atoms with E-state index in [0.29, 0.717) is 16.4 Å². The average Bonchev–Trinajstić information content (AvgIpc) is 2.95. The molecule has 5 nitrogen and oxygen atoms in total. The fraction of sp³-hybridized carbons (Fsp3) is 0.133. The molecule has 1 amide bonds. The number of nitrogens with one attached hydrogen (secondary N) is 1. The van der Waals surface area contributed by atoms with Gasteiger partial charge in [0.05, 0.1) is 17.3 Å². The molecule has 1 aromatic carbocycles. The van der Waals surface area contributed by atoms with Crippen LogP contribution in [0.4, 0.5) is 5.13 Å². The Morgan fingerprint density at radius 3 is 2.95 bits per heavy atom. The van der Waals surface area contributed by atoms with Gasteiger partial charge in [0.1, 0.15) is 0 Å². The van der Waals surface area contributed by atoms with Crippen LogP contribution in [0.1, 0.15) is 29.1 Å². The number of pyridine rings is 1. The van der Waals surface area contributed by atoms with Crippen molar-refractivity contribution in [3.63, 3.8) is 0 Å². The van der Waals surface area contributed by atoms with Gasteiger partial charge in [0.25, 0.3) is 5.91 Å². The molecule has 3 aromatic rings. The summed E-state index contributed by atoms with van der Waals surface area (Å²) in [7, 11) is 0. The van der Waals surface area contributed by atoms with Gasteiger partial charge in [0, 0.05) is 22.5 Å². The number of aliphatic hydroxyl groups is 1. The van der Waals surface area contributed by atoms with E-state index in [2.05, 4.69) is 15.3 Å². The van der Waals surface area contributed by atoms with Crippen LogP contribution in [-0.2, 0) is 0 Å². The maximum Gasteiger partial charge on any atom is 0.258 e. The summed E-state index contributed by atoms with van der Waals surface area (Å²) in [6, 6.07) is 9.07. The van der Waals surface area contributed by atoms with Gasteiger partial charge in [-0.1, -0.05) is 12.1 Å². The molecule has 0 saturated carbocycles. The van der Waals surface area contributed by atoms with Crippen LogP contribution in [-0.4, -0.2) is 21.0 Å². The van der Waals surface area contributed by atoms with Crippen molar-refractivity contribution in [3.05, 3.63) is 53.2 Å². The summed E-state index contributed by atoms with van der Waals surface area (Å²) in [5, 5.41) is 15.2. The summed E-state index contributed by atoms with van der Waals surface area (Å²) >= 11 is 1.29. The van der Waals surface area contributed by atoms with Crippen LogP contribution in [0.2, 0.25) is 0 Å². The number of benzene rings is 1. The second-order valence-corrected chi connectivity index (χ2v) is 5.44. The molecule has 0 spiro atoms. The number of fused-ring (bicyclic) bond motifs is 1. The average molecular weight is 299 g/mol. The van der Waals surface area contributed by atoms with Crippen molar-refractivity contribution in [2.45, 2.75) is 13.0 Å². The lowest BCUT2D eigenvalue weighted by atomic mass is 10.1. The minimum absolute atomic E-state index is 0.236. The Kier molecular flexibility index (Phi) is 3.64. The lowest BCUT2D eigenvalue weighted by Gasteiger charge is -2.05. The number of hydrogen-bond donors (Lipinski definition) is 2. The van der Waals surface area contributed by atoms with E-state index in [4.69, 9.17) is 0 Å². The fourth-order valence-corrected chi connectivity index (χ4v) is 2.79. The molecule has 0 aliphatic heterocycles. The summed E-state index contributed by atoms with van der Waals surface area (Å²) in [5.41, 5.74) is 1.87. The smallest absolute Gasteiger partial charge is 0.258 e. The highest BCUT2D eigenvalue weighted by Gasteiger charge is 2.13. The van der Waals surface area contributed by atoms with Gasteiger partial charge in [0.2, 0.25) is 0 Å². The molecule has 0 radical (unpaired) electrons. The van der Waals surface area contributed by atoms with E-state index >= 15 is 0 Å². The van der Waals surface area contributed by atoms with Crippen molar-refractivity contribution in [2.75, 3.05) is 5.32 Å². The summed E-state index contributed by atoms with van der Waals surface area (Å²) in [5.74, 6) is -0.236. The number of thiazole rings is 1. The monoisotopic (exact) mass is 299 g/mol. The molecule has 2 N–H and O–H groups in total. The van der Waals surface area contributed by atoms with Crippen molar-refractivity contribution in [1.29, 1.82) is 0 Å². The minimum Gasteiger partial charge on any atom is -0.387 e. The van der Waals surface area contributed by atoms with E-state index in [-0.39, 0.29) is 5.91 Å². The first-order chi connectivity index (χ1) is 10.1. The van der Waals surface area contributed by atoms with Crippen molar-refractivity contribution in [1.82, 2.24) is 9.97 Å². The molecule has 106 valence electrons. The molecule has 21 heavy (non-hydrogen) atoms. The molecule has 3 rings (SSSR count). The standard InChI is InChI=1S/C15H13N3O2S/c1-9(19)13-8-21-15(17-13)18-14(20)11-4-2-6-12-10(11)5-3-7-16-12/h2-9,19H,1H3,(H,17,18,20). The number of hydrogen-bond acceptors (Lipinski definition) is 5. The zero-order valence-corrected chi connectivity index (χ0v) is 12.1. The molecule has 1 unspecified atom stereocenters. The first-order valence-electron chi connectivity index (χ1n) is 6.44. The Labute approximate surface area is 125 Å². The van der Waals surface area contributed by atoms with Gasteiger partial charge in [-0.3, -0.25) is 15.1 Å². The van der Waals surface area contributed by atoms with Crippen LogP contribution < -0.4 is 5.32 Å². The molecule has 0 fully saturated rings. The Morgan fingerprint density at radius 2 is 2.19 bits per heavy atom. The quantitative estimate of drug-likeness (QED) is 0.779. The Balaban J connectivity index is 1.90. The van der Waals surface area contributed by atoms with Gasteiger partial charge in [-0.15, -0.1) is 11.3 Å². The highest BCUT2D eigenvalue weighted by molar-refractivity contribution is 7.14. The largest absolute Gasteiger partial charge is 0.387 e. The lowest BCUT2D eigenvalue weighted by molar-refractivity contribution is 0.102. The maximum absolute atomic E-state index is 12.4. The van der Waals surface area contributed by atoms with E-state index in [1.165, 1.54) is 11.3 Å². The number of carbonyl (C=O) groups is 1. The molecule has 0 aliphatic carbocycles. The van der Waals surface area contributed by atoms with Crippen LogP contribution >= 0.6 is 11.3 Å². The number of aromatic nitrogens is 2. The zero-order chi connectivity index (χ0) is 14.8. The Bertz CT molecular complexity index is 793. The SMILES string of the molecule is CC(O)c1csc(NC(=O)c2cccc3ncccc23)n1. The summed E-state index contributed by atoms with van der Waals surface area (Å²) in [6.07, 6.45) is 1.05. The Hall–Kier alpha value is -2.31. The van der Waals surface area contributed by atoms with Crippen molar-refractivity contribution in [2.24, 2.45) is 0 Å². The van der Waals surface area contributed by atoms with Crippen molar-refractivity contribution < 1.29 is 9.90 Å². The predicted octanol–water partition coefficient (Wildman–Crippen LogP) is 3.00. The van der Waals surface area contributed by atoms with Gasteiger partial charge in [0.15, 0.2) is 5.13 Å². The first kappa shape index (κ1) is 13.7. The minimum atomic E-state index is -0.645. The molecular formula is C15H13N3O2S. The van der Waals surface area contributed by atoms with Crippen molar-refractivity contribution >= 4 is 33.3 Å². The third-order valence-corrected chi connectivity index (χ3v) is 3.84. The normalized spacial score (nSPS) is 12.3. The molecular weight excluding hydrogens is 286 g/mol. The van der Waals surface area contributed by atoms with E-state index in [0.717, 1.165) is 10.9 Å². The number of carbonyl (C=O) groups excluding carboxylic acids is 1. The van der Waals surface area contributed by atoms with Gasteiger partial charge in [-0.05, 0) is 25.1 Å². The van der Waals surface area contributed by atoms with Crippen LogP contribution in [0.3, 0.4) is 0 Å². The fourth-order valence-electron chi connectivity index (χ4n) is 2.00. The second kappa shape index (κ2) is 5.59. The molecule has 0 saturated heterocycles. The third kappa shape index (κ3) is 2.76. The molecule has 2 heterocycles. The van der Waals surface area contributed by atoms with Crippen LogP contribution in [0, 0.1) is 0 Å². The van der Waals surface area contributed by atoms with Gasteiger partial charge in [-0.25, -0.2) is 4.98 Å².